The summed E-state index contributed by atoms with van der Waals surface area (Å²) < 4.78 is 15.5. The zero-order valence-corrected chi connectivity index (χ0v) is 17.9. The van der Waals surface area contributed by atoms with E-state index < -0.39 is 17.6 Å². The van der Waals surface area contributed by atoms with Crippen molar-refractivity contribution in [1.82, 2.24) is 9.78 Å². The molecule has 0 spiro atoms. The Bertz CT molecular complexity index is 1540. The third-order valence-corrected chi connectivity index (χ3v) is 5.51. The van der Waals surface area contributed by atoms with Gasteiger partial charge >= 0.3 is 0 Å². The number of nitrogens with one attached hydrogen (secondary N) is 1. The topological polar surface area (TPSA) is 90.0 Å². The predicted octanol–water partition coefficient (Wildman–Crippen LogP) is 5.18. The molecule has 5 rings (SSSR count). The van der Waals surface area contributed by atoms with E-state index in [1.807, 2.05) is 72.8 Å². The van der Waals surface area contributed by atoms with Gasteiger partial charge in [0.1, 0.15) is 11.5 Å². The highest BCUT2D eigenvalue weighted by atomic mass is 19.1. The van der Waals surface area contributed by atoms with Crippen LogP contribution >= 0.6 is 0 Å². The smallest absolute Gasteiger partial charge is 0.259 e. The molecule has 0 aliphatic carbocycles. The molecule has 0 aliphatic heterocycles. The van der Waals surface area contributed by atoms with E-state index in [1.165, 1.54) is 12.1 Å². The first-order chi connectivity index (χ1) is 16.5. The third-order valence-electron chi connectivity index (χ3n) is 5.51. The maximum atomic E-state index is 13.9. The van der Waals surface area contributed by atoms with Gasteiger partial charge in [0.15, 0.2) is 0 Å². The third kappa shape index (κ3) is 3.91. The van der Waals surface area contributed by atoms with Crippen molar-refractivity contribution >= 4 is 28.3 Å². The normalized spacial score (nSPS) is 10.9. The van der Waals surface area contributed by atoms with Crippen molar-refractivity contribution in [2.75, 3.05) is 5.32 Å². The van der Waals surface area contributed by atoms with Crippen LogP contribution in [0.5, 0.6) is 0 Å². The molecule has 5 aromatic rings. The second-order valence-electron chi connectivity index (χ2n) is 7.71. The van der Waals surface area contributed by atoms with Crippen LogP contribution in [0.25, 0.3) is 27.7 Å². The Morgan fingerprint density at radius 2 is 1.59 bits per heavy atom. The molecule has 3 N–H and O–H groups in total. The van der Waals surface area contributed by atoms with E-state index in [2.05, 4.69) is 5.32 Å². The van der Waals surface area contributed by atoms with Crippen LogP contribution in [0.15, 0.2) is 97.2 Å². The van der Waals surface area contributed by atoms with Gasteiger partial charge in [-0.1, -0.05) is 60.7 Å². The number of carbonyl (C=O) groups is 2. The summed E-state index contributed by atoms with van der Waals surface area (Å²) in [6.45, 7) is 0. The van der Waals surface area contributed by atoms with Crippen molar-refractivity contribution in [3.05, 3.63) is 114 Å². The maximum absolute atomic E-state index is 13.9. The zero-order chi connectivity index (χ0) is 23.7. The summed E-state index contributed by atoms with van der Waals surface area (Å²) in [6, 6.07) is 26.8. The molecule has 0 bridgehead atoms. The van der Waals surface area contributed by atoms with Gasteiger partial charge in [-0.15, -0.1) is 0 Å². The fourth-order valence-corrected chi connectivity index (χ4v) is 3.87. The lowest BCUT2D eigenvalue weighted by Gasteiger charge is -2.09. The molecular weight excluding hydrogens is 431 g/mol. The van der Waals surface area contributed by atoms with E-state index in [0.29, 0.717) is 11.3 Å². The Morgan fingerprint density at radius 1 is 0.853 bits per heavy atom. The van der Waals surface area contributed by atoms with Crippen LogP contribution in [0.4, 0.5) is 10.1 Å². The average Bonchev–Trinajstić information content (AvgIpc) is 3.31. The van der Waals surface area contributed by atoms with E-state index in [-0.39, 0.29) is 11.3 Å². The molecule has 0 aliphatic rings. The first kappa shape index (κ1) is 21.1. The Morgan fingerprint density at radius 3 is 2.38 bits per heavy atom. The Kier molecular flexibility index (Phi) is 5.35. The molecule has 0 atom stereocenters. The van der Waals surface area contributed by atoms with Crippen LogP contribution in [0.3, 0.4) is 0 Å². The molecule has 166 valence electrons. The summed E-state index contributed by atoms with van der Waals surface area (Å²) in [5.74, 6) is -2.12. The van der Waals surface area contributed by atoms with Gasteiger partial charge in [0, 0.05) is 17.4 Å². The number of hydrogen-bond acceptors (Lipinski definition) is 3. The number of amides is 2. The maximum Gasteiger partial charge on any atom is 0.259 e. The summed E-state index contributed by atoms with van der Waals surface area (Å²) in [5.41, 5.74) is 7.60. The van der Waals surface area contributed by atoms with Crippen LogP contribution in [0.2, 0.25) is 0 Å². The lowest BCUT2D eigenvalue weighted by Crippen LogP contribution is -2.16. The fourth-order valence-electron chi connectivity index (χ4n) is 3.87. The minimum absolute atomic E-state index is 0.247. The second-order valence-corrected chi connectivity index (χ2v) is 7.71. The molecular formula is C27H19FN4O2. The SMILES string of the molecule is NC(=O)c1cc(NC(=O)c2cn(-c3ccccc3)nc2-c2cccc3ccccc23)ccc1F. The predicted molar refractivity (Wildman–Crippen MR) is 129 cm³/mol. The highest BCUT2D eigenvalue weighted by Crippen LogP contribution is 2.31. The molecule has 0 unspecified atom stereocenters. The van der Waals surface area contributed by atoms with Crippen molar-refractivity contribution < 1.29 is 14.0 Å². The summed E-state index contributed by atoms with van der Waals surface area (Å²) in [4.78, 5) is 24.9. The summed E-state index contributed by atoms with van der Waals surface area (Å²) in [5, 5.41) is 9.45. The van der Waals surface area contributed by atoms with Crippen molar-refractivity contribution in [3.63, 3.8) is 0 Å². The number of hydrogen-bond donors (Lipinski definition) is 2. The molecule has 0 saturated carbocycles. The van der Waals surface area contributed by atoms with Gasteiger partial charge in [-0.3, -0.25) is 9.59 Å². The van der Waals surface area contributed by atoms with Crippen LogP contribution in [0, 0.1) is 5.82 Å². The number of para-hydroxylation sites is 1. The Balaban J connectivity index is 1.63. The minimum Gasteiger partial charge on any atom is -0.366 e. The molecule has 6 nitrogen and oxygen atoms in total. The number of nitrogens with zero attached hydrogens (tertiary/aromatic N) is 2. The van der Waals surface area contributed by atoms with Gasteiger partial charge in [-0.05, 0) is 41.1 Å². The number of carbonyl (C=O) groups excluding carboxylic acids is 2. The number of benzene rings is 4. The van der Waals surface area contributed by atoms with Crippen molar-refractivity contribution in [2.24, 2.45) is 5.73 Å². The van der Waals surface area contributed by atoms with Crippen LogP contribution in [0.1, 0.15) is 20.7 Å². The highest BCUT2D eigenvalue weighted by Gasteiger charge is 2.21. The quantitative estimate of drug-likeness (QED) is 0.386. The van der Waals surface area contributed by atoms with Gasteiger partial charge in [0.25, 0.3) is 11.8 Å². The number of primary amides is 1. The molecule has 7 heteroatoms. The standard InChI is InChI=1S/C27H19FN4O2/c28-24-14-13-18(15-22(24)26(29)33)30-27(34)23-16-32(19-9-2-1-3-10-19)31-25(23)21-12-6-8-17-7-4-5-11-20(17)21/h1-16H,(H2,29,33)(H,30,34). The van der Waals surface area contributed by atoms with Gasteiger partial charge in [-0.2, -0.15) is 5.10 Å². The van der Waals surface area contributed by atoms with Crippen molar-refractivity contribution in [3.8, 4) is 16.9 Å². The van der Waals surface area contributed by atoms with Crippen molar-refractivity contribution in [1.29, 1.82) is 0 Å². The fraction of sp³-hybridized carbons (Fsp3) is 0. The number of rotatable bonds is 5. The summed E-state index contributed by atoms with van der Waals surface area (Å²) in [7, 11) is 0. The van der Waals surface area contributed by atoms with Crippen LogP contribution < -0.4 is 11.1 Å². The van der Waals surface area contributed by atoms with Gasteiger partial charge in [-0.25, -0.2) is 9.07 Å². The molecule has 34 heavy (non-hydrogen) atoms. The minimum atomic E-state index is -0.915. The lowest BCUT2D eigenvalue weighted by atomic mass is 10.00. The molecule has 0 saturated heterocycles. The van der Waals surface area contributed by atoms with E-state index in [4.69, 9.17) is 10.8 Å². The Hall–Kier alpha value is -4.78. The molecule has 0 radical (unpaired) electrons. The van der Waals surface area contributed by atoms with Crippen LogP contribution in [-0.4, -0.2) is 21.6 Å². The molecule has 2 amide bonds. The second kappa shape index (κ2) is 8.63. The van der Waals surface area contributed by atoms with Gasteiger partial charge in [0.2, 0.25) is 0 Å². The Labute approximate surface area is 194 Å². The van der Waals surface area contributed by atoms with Gasteiger partial charge < -0.3 is 11.1 Å². The molecule has 0 fully saturated rings. The first-order valence-electron chi connectivity index (χ1n) is 10.6. The zero-order valence-electron chi connectivity index (χ0n) is 17.9. The lowest BCUT2D eigenvalue weighted by molar-refractivity contribution is 0.0992. The number of anilines is 1. The highest BCUT2D eigenvalue weighted by molar-refractivity contribution is 6.10. The van der Waals surface area contributed by atoms with E-state index in [1.54, 1.807) is 10.9 Å². The number of halogens is 1. The van der Waals surface area contributed by atoms with E-state index in [9.17, 15) is 14.0 Å². The van der Waals surface area contributed by atoms with Gasteiger partial charge in [0.05, 0.1) is 16.8 Å². The number of aromatic nitrogens is 2. The van der Waals surface area contributed by atoms with Crippen molar-refractivity contribution in [2.45, 2.75) is 0 Å². The van der Waals surface area contributed by atoms with E-state index in [0.717, 1.165) is 28.1 Å². The van der Waals surface area contributed by atoms with E-state index >= 15 is 0 Å². The number of nitrogens with two attached hydrogens (primary N) is 1. The summed E-state index contributed by atoms with van der Waals surface area (Å²) >= 11 is 0. The summed E-state index contributed by atoms with van der Waals surface area (Å²) in [6.07, 6.45) is 1.65. The molecule has 1 heterocycles. The average molecular weight is 450 g/mol. The number of fused-ring (bicyclic) bond motifs is 1. The first-order valence-corrected chi connectivity index (χ1v) is 10.6. The molecule has 4 aromatic carbocycles. The monoisotopic (exact) mass is 450 g/mol. The largest absolute Gasteiger partial charge is 0.366 e. The van der Waals surface area contributed by atoms with Crippen LogP contribution in [-0.2, 0) is 0 Å². The molecule has 1 aromatic heterocycles.